The molecule has 0 aliphatic heterocycles. The molecule has 1 saturated carbocycles. The summed E-state index contributed by atoms with van der Waals surface area (Å²) in [7, 11) is 0. The topological polar surface area (TPSA) is 74.5 Å². The third-order valence-corrected chi connectivity index (χ3v) is 5.11. The Balaban J connectivity index is 0.00000261. The summed E-state index contributed by atoms with van der Waals surface area (Å²) in [5, 5.41) is 17.1. The van der Waals surface area contributed by atoms with Crippen molar-refractivity contribution < 1.29 is 5.11 Å². The van der Waals surface area contributed by atoms with E-state index in [0.29, 0.717) is 6.54 Å². The van der Waals surface area contributed by atoms with E-state index in [4.69, 9.17) is 0 Å². The van der Waals surface area contributed by atoms with E-state index in [-0.39, 0.29) is 24.0 Å². The fraction of sp³-hybridized carbons (Fsp3) is 0.600. The molecule has 1 aromatic carbocycles. The fourth-order valence-corrected chi connectivity index (χ4v) is 3.68. The van der Waals surface area contributed by atoms with Gasteiger partial charge in [-0.3, -0.25) is 4.99 Å². The summed E-state index contributed by atoms with van der Waals surface area (Å²) in [6.07, 6.45) is 4.92. The van der Waals surface area contributed by atoms with Gasteiger partial charge in [0, 0.05) is 19.6 Å². The lowest BCUT2D eigenvalue weighted by molar-refractivity contribution is 0.0574. The summed E-state index contributed by atoms with van der Waals surface area (Å²) in [6.45, 7) is 7.16. The zero-order valence-corrected chi connectivity index (χ0v) is 18.7. The molecule has 150 valence electrons. The minimum Gasteiger partial charge on any atom is -0.388 e. The number of nitrogens with zero attached hydrogens (tertiary/aromatic N) is 3. The average Bonchev–Trinajstić information content (AvgIpc) is 3.20. The van der Waals surface area contributed by atoms with Gasteiger partial charge in [0.2, 0.25) is 0 Å². The summed E-state index contributed by atoms with van der Waals surface area (Å²) in [5.74, 6) is 1.84. The maximum absolute atomic E-state index is 10.5. The van der Waals surface area contributed by atoms with E-state index < -0.39 is 5.60 Å². The van der Waals surface area contributed by atoms with Gasteiger partial charge in [-0.1, -0.05) is 25.0 Å². The summed E-state index contributed by atoms with van der Waals surface area (Å²) in [4.78, 5) is 9.21. The Bertz CT molecular complexity index is 752. The second-order valence-corrected chi connectivity index (χ2v) is 7.21. The van der Waals surface area contributed by atoms with E-state index in [0.717, 1.165) is 69.0 Å². The van der Waals surface area contributed by atoms with Crippen molar-refractivity contribution in [3.8, 4) is 0 Å². The van der Waals surface area contributed by atoms with E-state index in [2.05, 4.69) is 57.2 Å². The molecular formula is C20H32IN5O. The van der Waals surface area contributed by atoms with Gasteiger partial charge in [-0.2, -0.15) is 0 Å². The van der Waals surface area contributed by atoms with Crippen LogP contribution in [0.3, 0.4) is 0 Å². The summed E-state index contributed by atoms with van der Waals surface area (Å²) >= 11 is 0. The second kappa shape index (κ2) is 10.3. The van der Waals surface area contributed by atoms with Crippen LogP contribution in [0.15, 0.2) is 29.3 Å². The van der Waals surface area contributed by atoms with Gasteiger partial charge in [-0.05, 0) is 45.2 Å². The van der Waals surface area contributed by atoms with Crippen LogP contribution in [-0.2, 0) is 6.54 Å². The Morgan fingerprint density at radius 1 is 1.26 bits per heavy atom. The van der Waals surface area contributed by atoms with Crippen LogP contribution in [0.4, 0.5) is 0 Å². The molecule has 27 heavy (non-hydrogen) atoms. The molecule has 0 atom stereocenters. The van der Waals surface area contributed by atoms with Crippen LogP contribution < -0.4 is 10.6 Å². The number of hydrogen-bond donors (Lipinski definition) is 3. The number of guanidine groups is 1. The van der Waals surface area contributed by atoms with Crippen LogP contribution in [0, 0.1) is 6.92 Å². The maximum atomic E-state index is 10.5. The molecule has 1 aliphatic rings. The van der Waals surface area contributed by atoms with Gasteiger partial charge in [0.25, 0.3) is 0 Å². The van der Waals surface area contributed by atoms with E-state index in [1.165, 1.54) is 5.52 Å². The minimum absolute atomic E-state index is 0. The number of rotatable bonds is 7. The van der Waals surface area contributed by atoms with Gasteiger partial charge in [0.15, 0.2) is 5.96 Å². The molecule has 0 spiro atoms. The van der Waals surface area contributed by atoms with Crippen molar-refractivity contribution in [1.82, 2.24) is 20.2 Å². The van der Waals surface area contributed by atoms with Gasteiger partial charge in [-0.25, -0.2) is 4.98 Å². The van der Waals surface area contributed by atoms with Crippen molar-refractivity contribution in [3.05, 3.63) is 30.1 Å². The number of nitrogens with one attached hydrogen (secondary N) is 2. The first-order valence-electron chi connectivity index (χ1n) is 9.78. The van der Waals surface area contributed by atoms with Crippen LogP contribution >= 0.6 is 24.0 Å². The molecule has 0 radical (unpaired) electrons. The number of halogens is 1. The van der Waals surface area contributed by atoms with E-state index in [1.807, 2.05) is 6.07 Å². The van der Waals surface area contributed by atoms with Crippen LogP contribution in [0.5, 0.6) is 0 Å². The van der Waals surface area contributed by atoms with Gasteiger partial charge >= 0.3 is 0 Å². The van der Waals surface area contributed by atoms with E-state index >= 15 is 0 Å². The maximum Gasteiger partial charge on any atom is 0.191 e. The first kappa shape index (κ1) is 21.9. The second-order valence-electron chi connectivity index (χ2n) is 7.21. The quantitative estimate of drug-likeness (QED) is 0.244. The number of benzene rings is 1. The van der Waals surface area contributed by atoms with Crippen molar-refractivity contribution in [3.63, 3.8) is 0 Å². The SMILES string of the molecule is CCNC(=NCC1(O)CCCC1)NCCCn1c(C)nc2ccccc21.I. The first-order valence-corrected chi connectivity index (χ1v) is 9.78. The van der Waals surface area contributed by atoms with Crippen LogP contribution in [0.1, 0.15) is 44.9 Å². The molecule has 0 amide bonds. The Labute approximate surface area is 178 Å². The number of aryl methyl sites for hydroxylation is 2. The standard InChI is InChI=1S/C20H31N5O.HI/c1-3-21-19(23-15-20(26)11-6-7-12-20)22-13-8-14-25-16(2)24-17-9-4-5-10-18(17)25;/h4-5,9-10,26H,3,6-8,11-15H2,1-2H3,(H2,21,22,23);1H. The zero-order chi connectivity index (χ0) is 18.4. The number of fused-ring (bicyclic) bond motifs is 1. The van der Waals surface area contributed by atoms with Crippen molar-refractivity contribution in [1.29, 1.82) is 0 Å². The molecule has 1 fully saturated rings. The summed E-state index contributed by atoms with van der Waals surface area (Å²) in [6, 6.07) is 8.26. The monoisotopic (exact) mass is 485 g/mol. The molecule has 0 saturated heterocycles. The molecule has 0 bridgehead atoms. The Kier molecular flexibility index (Phi) is 8.34. The minimum atomic E-state index is -0.602. The number of aromatic nitrogens is 2. The average molecular weight is 485 g/mol. The normalized spacial score (nSPS) is 16.3. The lowest BCUT2D eigenvalue weighted by Gasteiger charge is -2.20. The molecule has 1 aromatic heterocycles. The number of aliphatic imine (C=N–C) groups is 1. The third kappa shape index (κ3) is 5.81. The predicted molar refractivity (Wildman–Crippen MR) is 122 cm³/mol. The molecule has 0 unspecified atom stereocenters. The lowest BCUT2D eigenvalue weighted by Crippen LogP contribution is -2.40. The largest absolute Gasteiger partial charge is 0.388 e. The van der Waals surface area contributed by atoms with E-state index in [9.17, 15) is 5.11 Å². The Morgan fingerprint density at radius 2 is 2.00 bits per heavy atom. The van der Waals surface area contributed by atoms with Gasteiger partial charge in [-0.15, -0.1) is 24.0 Å². The van der Waals surface area contributed by atoms with Crippen molar-refractivity contribution >= 4 is 41.0 Å². The molecule has 6 nitrogen and oxygen atoms in total. The van der Waals surface area contributed by atoms with Crippen molar-refractivity contribution in [2.75, 3.05) is 19.6 Å². The zero-order valence-electron chi connectivity index (χ0n) is 16.4. The Hall–Kier alpha value is -1.35. The number of para-hydroxylation sites is 2. The van der Waals surface area contributed by atoms with Gasteiger partial charge in [0.1, 0.15) is 5.82 Å². The van der Waals surface area contributed by atoms with Crippen molar-refractivity contribution in [2.45, 2.75) is 58.1 Å². The predicted octanol–water partition coefficient (Wildman–Crippen LogP) is 3.21. The highest BCUT2D eigenvalue weighted by Gasteiger charge is 2.30. The Morgan fingerprint density at radius 3 is 2.74 bits per heavy atom. The summed E-state index contributed by atoms with van der Waals surface area (Å²) < 4.78 is 2.27. The number of aliphatic hydroxyl groups is 1. The first-order chi connectivity index (χ1) is 12.6. The molecule has 7 heteroatoms. The molecule has 3 rings (SSSR count). The van der Waals surface area contributed by atoms with Crippen LogP contribution in [0.2, 0.25) is 0 Å². The molecule has 3 N–H and O–H groups in total. The molecule has 1 heterocycles. The highest BCUT2D eigenvalue weighted by atomic mass is 127. The van der Waals surface area contributed by atoms with Crippen LogP contribution in [0.25, 0.3) is 11.0 Å². The number of imidazole rings is 1. The van der Waals surface area contributed by atoms with Crippen molar-refractivity contribution in [2.24, 2.45) is 4.99 Å². The van der Waals surface area contributed by atoms with Crippen LogP contribution in [-0.4, -0.2) is 45.9 Å². The van der Waals surface area contributed by atoms with Gasteiger partial charge in [0.05, 0.1) is 23.2 Å². The molecular weight excluding hydrogens is 453 g/mol. The highest BCUT2D eigenvalue weighted by molar-refractivity contribution is 14.0. The third-order valence-electron chi connectivity index (χ3n) is 5.11. The molecule has 2 aromatic rings. The summed E-state index contributed by atoms with van der Waals surface area (Å²) in [5.41, 5.74) is 1.64. The van der Waals surface area contributed by atoms with E-state index in [1.54, 1.807) is 0 Å². The number of hydrogen-bond acceptors (Lipinski definition) is 3. The highest BCUT2D eigenvalue weighted by Crippen LogP contribution is 2.29. The fourth-order valence-electron chi connectivity index (χ4n) is 3.68. The molecule has 1 aliphatic carbocycles. The van der Waals surface area contributed by atoms with Gasteiger partial charge < -0.3 is 20.3 Å². The smallest absolute Gasteiger partial charge is 0.191 e. The lowest BCUT2D eigenvalue weighted by atomic mass is 10.0.